The quantitative estimate of drug-likeness (QED) is 0.401. The van der Waals surface area contributed by atoms with E-state index in [0.717, 1.165) is 43.1 Å². The zero-order valence-corrected chi connectivity index (χ0v) is 19.1. The van der Waals surface area contributed by atoms with E-state index in [1.54, 1.807) is 0 Å². The summed E-state index contributed by atoms with van der Waals surface area (Å²) >= 11 is 1.15. The fraction of sp³-hybridized carbons (Fsp3) is 0.458. The number of benzene rings is 2. The highest BCUT2D eigenvalue weighted by Crippen LogP contribution is 2.27. The third-order valence-corrected chi connectivity index (χ3v) is 6.48. The average Bonchev–Trinajstić information content (AvgIpc) is 2.85. The van der Waals surface area contributed by atoms with Crippen LogP contribution in [0, 0.1) is 11.3 Å². The lowest BCUT2D eigenvalue weighted by Gasteiger charge is -2.30. The molecule has 4 rings (SSSR count). The summed E-state index contributed by atoms with van der Waals surface area (Å²) in [6.07, 6.45) is 4.43. The molecule has 4 N–H and O–H groups in total. The second kappa shape index (κ2) is 12.2. The molecule has 0 saturated carbocycles. The lowest BCUT2D eigenvalue weighted by atomic mass is 10.0. The lowest BCUT2D eigenvalue weighted by Crippen LogP contribution is -2.46. The van der Waals surface area contributed by atoms with Gasteiger partial charge in [0.1, 0.15) is 11.0 Å². The van der Waals surface area contributed by atoms with Crippen LogP contribution in [-0.2, 0) is 4.74 Å². The molecule has 0 bridgehead atoms. The summed E-state index contributed by atoms with van der Waals surface area (Å²) in [5, 5.41) is 38.4. The van der Waals surface area contributed by atoms with E-state index in [9.17, 15) is 15.5 Å². The van der Waals surface area contributed by atoms with E-state index in [4.69, 9.17) is 9.84 Å². The number of nitrogens with one attached hydrogen (secondary N) is 1. The molecule has 8 heteroatoms. The SMILES string of the molecule is CO.N#C/C(=C\c1ccc2cc(N3CCCCC3)ccc2c1)SNC1CC(O)COC1O. The molecule has 2 fully saturated rings. The number of ether oxygens (including phenoxy) is 1. The van der Waals surface area contributed by atoms with Crippen molar-refractivity contribution in [2.24, 2.45) is 0 Å². The molecule has 2 heterocycles. The van der Waals surface area contributed by atoms with Gasteiger partial charge in [-0.3, -0.25) is 4.72 Å². The zero-order valence-electron chi connectivity index (χ0n) is 18.3. The molecule has 7 nitrogen and oxygen atoms in total. The standard InChI is InChI=1S/C23H27N3O3S.CH4O/c24-14-21(30-25-22-13-20(27)15-29-23(22)28)11-16-4-5-18-12-19(7-6-17(18)10-16)26-8-2-1-3-9-26;1-2/h4-7,10-12,20,22-23,25,27-28H,1-3,8-9,13,15H2;2H,1H3/b21-11+;. The Kier molecular flexibility index (Phi) is 9.36. The molecule has 32 heavy (non-hydrogen) atoms. The summed E-state index contributed by atoms with van der Waals surface area (Å²) in [6.45, 7) is 2.38. The van der Waals surface area contributed by atoms with E-state index in [1.807, 2.05) is 12.1 Å². The summed E-state index contributed by atoms with van der Waals surface area (Å²) in [5.41, 5.74) is 2.22. The Morgan fingerprint density at radius 3 is 2.59 bits per heavy atom. The summed E-state index contributed by atoms with van der Waals surface area (Å²) in [4.78, 5) is 2.93. The van der Waals surface area contributed by atoms with Crippen LogP contribution in [0.25, 0.3) is 16.8 Å². The molecule has 0 aromatic heterocycles. The summed E-state index contributed by atoms with van der Waals surface area (Å²) in [6, 6.07) is 14.5. The first kappa shape index (κ1) is 24.5. The van der Waals surface area contributed by atoms with Crippen molar-refractivity contribution < 1.29 is 20.1 Å². The van der Waals surface area contributed by atoms with Crippen LogP contribution in [0.3, 0.4) is 0 Å². The van der Waals surface area contributed by atoms with Gasteiger partial charge in [-0.15, -0.1) is 0 Å². The topological polar surface area (TPSA) is 109 Å². The van der Waals surface area contributed by atoms with Crippen molar-refractivity contribution in [1.82, 2.24) is 4.72 Å². The number of piperidine rings is 1. The van der Waals surface area contributed by atoms with E-state index in [0.29, 0.717) is 11.3 Å². The zero-order chi connectivity index (χ0) is 22.9. The highest BCUT2D eigenvalue weighted by Gasteiger charge is 2.29. The molecule has 3 unspecified atom stereocenters. The molecular formula is C24H31N3O4S. The minimum atomic E-state index is -0.990. The van der Waals surface area contributed by atoms with E-state index in [1.165, 1.54) is 30.3 Å². The monoisotopic (exact) mass is 457 g/mol. The van der Waals surface area contributed by atoms with Crippen molar-refractivity contribution in [2.45, 2.75) is 44.1 Å². The molecule has 2 aliphatic heterocycles. The summed E-state index contributed by atoms with van der Waals surface area (Å²) in [7, 11) is 1.00. The van der Waals surface area contributed by atoms with Gasteiger partial charge in [-0.1, -0.05) is 18.2 Å². The normalized spacial score (nSPS) is 23.9. The van der Waals surface area contributed by atoms with Crippen LogP contribution in [0.5, 0.6) is 0 Å². The smallest absolute Gasteiger partial charge is 0.171 e. The van der Waals surface area contributed by atoms with Gasteiger partial charge in [-0.05, 0) is 78.2 Å². The molecular weight excluding hydrogens is 426 g/mol. The van der Waals surface area contributed by atoms with Crippen molar-refractivity contribution in [3.05, 3.63) is 46.9 Å². The number of aliphatic hydroxyl groups is 3. The molecule has 0 spiro atoms. The highest BCUT2D eigenvalue weighted by atomic mass is 32.2. The van der Waals surface area contributed by atoms with Gasteiger partial charge in [0.05, 0.1) is 18.8 Å². The molecule has 2 aromatic rings. The highest BCUT2D eigenvalue weighted by molar-refractivity contribution is 8.01. The third kappa shape index (κ3) is 6.45. The molecule has 0 amide bonds. The molecule has 2 aliphatic rings. The third-order valence-electron chi connectivity index (χ3n) is 5.63. The van der Waals surface area contributed by atoms with Crippen LogP contribution in [0.4, 0.5) is 5.69 Å². The van der Waals surface area contributed by atoms with Crippen LogP contribution in [0.15, 0.2) is 41.3 Å². The molecule has 3 atom stereocenters. The number of nitriles is 1. The Morgan fingerprint density at radius 1 is 1.12 bits per heavy atom. The number of allylic oxidation sites excluding steroid dienone is 1. The van der Waals surface area contributed by atoms with Crippen LogP contribution in [0.1, 0.15) is 31.2 Å². The number of hydrogen-bond donors (Lipinski definition) is 4. The number of rotatable bonds is 5. The predicted molar refractivity (Wildman–Crippen MR) is 129 cm³/mol. The molecule has 0 aliphatic carbocycles. The Morgan fingerprint density at radius 2 is 1.84 bits per heavy atom. The average molecular weight is 458 g/mol. The first-order valence-corrected chi connectivity index (χ1v) is 11.7. The van der Waals surface area contributed by atoms with E-state index in [2.05, 4.69) is 46.0 Å². The largest absolute Gasteiger partial charge is 0.400 e. The molecule has 2 saturated heterocycles. The van der Waals surface area contributed by atoms with Gasteiger partial charge in [0, 0.05) is 25.9 Å². The van der Waals surface area contributed by atoms with Crippen molar-refractivity contribution in [1.29, 1.82) is 5.26 Å². The Labute approximate surface area is 193 Å². The summed E-state index contributed by atoms with van der Waals surface area (Å²) < 4.78 is 8.15. The van der Waals surface area contributed by atoms with Gasteiger partial charge in [0.2, 0.25) is 0 Å². The van der Waals surface area contributed by atoms with Crippen LogP contribution >= 0.6 is 11.9 Å². The second-order valence-electron chi connectivity index (χ2n) is 7.90. The molecule has 172 valence electrons. The maximum absolute atomic E-state index is 9.88. The van der Waals surface area contributed by atoms with Crippen molar-refractivity contribution in [2.75, 3.05) is 31.7 Å². The maximum Gasteiger partial charge on any atom is 0.171 e. The minimum Gasteiger partial charge on any atom is -0.400 e. The fourth-order valence-corrected chi connectivity index (χ4v) is 4.71. The van der Waals surface area contributed by atoms with Crippen molar-refractivity contribution >= 4 is 34.5 Å². The van der Waals surface area contributed by atoms with Crippen molar-refractivity contribution in [3.63, 3.8) is 0 Å². The van der Waals surface area contributed by atoms with Gasteiger partial charge in [0.25, 0.3) is 0 Å². The van der Waals surface area contributed by atoms with Crippen LogP contribution in [0.2, 0.25) is 0 Å². The summed E-state index contributed by atoms with van der Waals surface area (Å²) in [5.74, 6) is 0. The predicted octanol–water partition coefficient (Wildman–Crippen LogP) is 3.01. The van der Waals surface area contributed by atoms with Crippen LogP contribution < -0.4 is 9.62 Å². The lowest BCUT2D eigenvalue weighted by molar-refractivity contribution is -0.168. The van der Waals surface area contributed by atoms with Gasteiger partial charge in [0.15, 0.2) is 6.29 Å². The number of fused-ring (bicyclic) bond motifs is 1. The van der Waals surface area contributed by atoms with E-state index >= 15 is 0 Å². The van der Waals surface area contributed by atoms with Crippen LogP contribution in [-0.4, -0.2) is 60.6 Å². The number of anilines is 1. The van der Waals surface area contributed by atoms with Crippen molar-refractivity contribution in [3.8, 4) is 6.07 Å². The Hall–Kier alpha value is -2.12. The fourth-order valence-electron chi connectivity index (χ4n) is 3.98. The Bertz CT molecular complexity index is 956. The number of hydrogen-bond acceptors (Lipinski definition) is 8. The maximum atomic E-state index is 9.88. The van der Waals surface area contributed by atoms with E-state index in [-0.39, 0.29) is 6.61 Å². The molecule has 0 radical (unpaired) electrons. The van der Waals surface area contributed by atoms with Gasteiger partial charge in [-0.2, -0.15) is 5.26 Å². The first-order chi connectivity index (χ1) is 15.6. The van der Waals surface area contributed by atoms with Gasteiger partial charge in [-0.25, -0.2) is 0 Å². The Balaban J connectivity index is 0.00000141. The van der Waals surface area contributed by atoms with E-state index < -0.39 is 18.4 Å². The first-order valence-electron chi connectivity index (χ1n) is 10.9. The number of aliphatic hydroxyl groups excluding tert-OH is 3. The number of nitrogens with zero attached hydrogens (tertiary/aromatic N) is 2. The minimum absolute atomic E-state index is 0.127. The van der Waals surface area contributed by atoms with Gasteiger partial charge < -0.3 is 25.0 Å². The van der Waals surface area contributed by atoms with Gasteiger partial charge >= 0.3 is 0 Å². The molecule has 2 aromatic carbocycles. The second-order valence-corrected chi connectivity index (χ2v) is 8.78.